The van der Waals surface area contributed by atoms with Gasteiger partial charge in [-0.3, -0.25) is 14.4 Å². The summed E-state index contributed by atoms with van der Waals surface area (Å²) in [7, 11) is 0. The van der Waals surface area contributed by atoms with Gasteiger partial charge in [-0.2, -0.15) is 0 Å². The Bertz CT molecular complexity index is 1140. The number of hydrogen-bond donors (Lipinski definition) is 1. The second-order valence-electron chi connectivity index (χ2n) is 10.3. The van der Waals surface area contributed by atoms with Gasteiger partial charge in [0.15, 0.2) is 0 Å². The number of unbranched alkanes of at least 4 members (excludes halogenated alkanes) is 1. The maximum absolute atomic E-state index is 14.4. The Morgan fingerprint density at radius 2 is 1.89 bits per heavy atom. The first-order valence-corrected chi connectivity index (χ1v) is 14.2. The molecule has 1 N–H and O–H groups in total. The summed E-state index contributed by atoms with van der Waals surface area (Å²) < 4.78 is 4.07. The second-order valence-corrected chi connectivity index (χ2v) is 12.5. The van der Waals surface area contributed by atoms with Crippen molar-refractivity contribution in [3.63, 3.8) is 0 Å². The SMILES string of the molecule is C[C@]12/C=C\CCCCOC(=O)[C@H]1[C@H]1C(=O)N(CCCCO)C3C(=O)N(c4ccccc4Cl)CC=C[C@@]31S2. The van der Waals surface area contributed by atoms with Gasteiger partial charge in [-0.15, -0.1) is 11.8 Å². The molecule has 1 spiro atoms. The van der Waals surface area contributed by atoms with Crippen molar-refractivity contribution in [1.82, 2.24) is 4.90 Å². The zero-order valence-corrected chi connectivity index (χ0v) is 22.5. The number of para-hydroxylation sites is 1. The topological polar surface area (TPSA) is 87.1 Å². The highest BCUT2D eigenvalue weighted by Gasteiger charge is 2.73. The summed E-state index contributed by atoms with van der Waals surface area (Å²) in [6.45, 7) is 2.97. The summed E-state index contributed by atoms with van der Waals surface area (Å²) in [6, 6.07) is 6.39. The molecule has 9 heteroatoms. The summed E-state index contributed by atoms with van der Waals surface area (Å²) in [6.07, 6.45) is 11.7. The van der Waals surface area contributed by atoms with Crippen LogP contribution in [0, 0.1) is 11.8 Å². The van der Waals surface area contributed by atoms with E-state index in [9.17, 15) is 19.5 Å². The number of esters is 1. The first-order chi connectivity index (χ1) is 17.8. The average Bonchev–Trinajstić information content (AvgIpc) is 3.19. The molecular formula is C28H33ClN2O5S. The van der Waals surface area contributed by atoms with E-state index in [-0.39, 0.29) is 24.4 Å². The molecule has 198 valence electrons. The number of hydrogen-bond acceptors (Lipinski definition) is 6. The number of aliphatic hydroxyl groups is 1. The molecule has 2 amide bonds. The molecule has 2 fully saturated rings. The molecule has 4 heterocycles. The number of ether oxygens (including phenoxy) is 1. The van der Waals surface area contributed by atoms with Crippen LogP contribution in [0.1, 0.15) is 39.0 Å². The number of nitrogens with zero attached hydrogens (tertiary/aromatic N) is 2. The number of fused-ring (bicyclic) bond motifs is 2. The standard InChI is InChI=1S/C28H33ClN2O5S/c1-27-13-6-2-3-9-18-36-26(35)22(27)21-24(33)31(15-7-8-17-32)23-25(34)30(16-10-14-28(21,23)37-27)20-12-5-4-11-19(20)29/h4-6,10-14,21-23,32H,2-3,7-9,15-18H2,1H3/b13-6-/t21-,22+,23?,27-,28-/m0/s1. The van der Waals surface area contributed by atoms with Gasteiger partial charge in [0.05, 0.1) is 33.9 Å². The Morgan fingerprint density at radius 1 is 1.08 bits per heavy atom. The van der Waals surface area contributed by atoms with Crippen LogP contribution in [0.2, 0.25) is 5.02 Å². The van der Waals surface area contributed by atoms with Crippen LogP contribution in [0.4, 0.5) is 5.69 Å². The number of likely N-dealkylation sites (tertiary alicyclic amines) is 1. The molecule has 5 atom stereocenters. The van der Waals surface area contributed by atoms with Crippen molar-refractivity contribution >= 4 is 46.8 Å². The summed E-state index contributed by atoms with van der Waals surface area (Å²) in [5.41, 5.74) is 0.592. The van der Waals surface area contributed by atoms with Gasteiger partial charge in [-0.1, -0.05) is 48.0 Å². The Morgan fingerprint density at radius 3 is 2.68 bits per heavy atom. The predicted octanol–water partition coefficient (Wildman–Crippen LogP) is 3.99. The molecule has 1 aromatic rings. The van der Waals surface area contributed by atoms with E-state index in [1.165, 1.54) is 11.8 Å². The van der Waals surface area contributed by atoms with Crippen LogP contribution >= 0.6 is 23.4 Å². The van der Waals surface area contributed by atoms with Crippen molar-refractivity contribution < 1.29 is 24.2 Å². The fraction of sp³-hybridized carbons (Fsp3) is 0.536. The van der Waals surface area contributed by atoms with E-state index in [0.29, 0.717) is 43.2 Å². The quantitative estimate of drug-likeness (QED) is 0.343. The van der Waals surface area contributed by atoms with Crippen LogP contribution in [0.5, 0.6) is 0 Å². The van der Waals surface area contributed by atoms with Gasteiger partial charge in [0, 0.05) is 24.4 Å². The number of carbonyl (C=O) groups is 3. The Balaban J connectivity index is 1.63. The fourth-order valence-electron chi connectivity index (χ4n) is 6.32. The number of halogens is 1. The van der Waals surface area contributed by atoms with E-state index in [1.807, 2.05) is 31.2 Å². The van der Waals surface area contributed by atoms with Crippen molar-refractivity contribution in [3.05, 3.63) is 53.6 Å². The summed E-state index contributed by atoms with van der Waals surface area (Å²) in [5.74, 6) is -2.24. The van der Waals surface area contributed by atoms with Crippen molar-refractivity contribution in [2.24, 2.45) is 11.8 Å². The monoisotopic (exact) mass is 544 g/mol. The van der Waals surface area contributed by atoms with E-state index in [0.717, 1.165) is 19.3 Å². The number of cyclic esters (lactones) is 1. The summed E-state index contributed by atoms with van der Waals surface area (Å²) in [4.78, 5) is 45.4. The highest BCUT2D eigenvalue weighted by molar-refractivity contribution is 8.02. The molecule has 1 aromatic carbocycles. The highest BCUT2D eigenvalue weighted by atomic mass is 35.5. The molecule has 5 rings (SSSR count). The lowest BCUT2D eigenvalue weighted by molar-refractivity contribution is -0.154. The number of carbonyl (C=O) groups excluding carboxylic acids is 3. The summed E-state index contributed by atoms with van der Waals surface area (Å²) >= 11 is 8.04. The van der Waals surface area contributed by atoms with Gasteiger partial charge >= 0.3 is 5.97 Å². The third-order valence-electron chi connectivity index (χ3n) is 7.95. The first kappa shape index (κ1) is 26.3. The van der Waals surface area contributed by atoms with Crippen molar-refractivity contribution in [1.29, 1.82) is 0 Å². The second kappa shape index (κ2) is 10.5. The Labute approximate surface area is 226 Å². The van der Waals surface area contributed by atoms with Crippen molar-refractivity contribution in [3.8, 4) is 0 Å². The van der Waals surface area contributed by atoms with Crippen LogP contribution < -0.4 is 4.90 Å². The Hall–Kier alpha value is -2.29. The van der Waals surface area contributed by atoms with Crippen LogP contribution in [-0.4, -0.2) is 69.6 Å². The molecule has 2 saturated heterocycles. The molecule has 7 nitrogen and oxygen atoms in total. The van der Waals surface area contributed by atoms with Gasteiger partial charge in [0.1, 0.15) is 6.04 Å². The molecule has 1 unspecified atom stereocenters. The molecule has 0 saturated carbocycles. The molecule has 37 heavy (non-hydrogen) atoms. The number of allylic oxidation sites excluding steroid dienone is 1. The number of thioether (sulfide) groups is 1. The maximum Gasteiger partial charge on any atom is 0.311 e. The van der Waals surface area contributed by atoms with E-state index >= 15 is 0 Å². The molecule has 4 aliphatic rings. The predicted molar refractivity (Wildman–Crippen MR) is 144 cm³/mol. The minimum absolute atomic E-state index is 0.00737. The van der Waals surface area contributed by atoms with E-state index < -0.39 is 27.4 Å². The largest absolute Gasteiger partial charge is 0.465 e. The number of amides is 2. The average molecular weight is 545 g/mol. The smallest absolute Gasteiger partial charge is 0.311 e. The van der Waals surface area contributed by atoms with Crippen molar-refractivity contribution in [2.45, 2.75) is 54.6 Å². The highest BCUT2D eigenvalue weighted by Crippen LogP contribution is 2.65. The molecule has 0 aliphatic carbocycles. The third kappa shape index (κ3) is 4.41. The minimum Gasteiger partial charge on any atom is -0.465 e. The van der Waals surface area contributed by atoms with Gasteiger partial charge in [0.2, 0.25) is 5.91 Å². The van der Waals surface area contributed by atoms with Crippen LogP contribution in [0.25, 0.3) is 0 Å². The van der Waals surface area contributed by atoms with E-state index in [4.69, 9.17) is 16.3 Å². The number of benzene rings is 1. The van der Waals surface area contributed by atoms with Gasteiger partial charge in [0.25, 0.3) is 5.91 Å². The fourth-order valence-corrected chi connectivity index (χ4v) is 8.71. The number of aliphatic hydroxyl groups excluding tert-OH is 1. The number of anilines is 1. The van der Waals surface area contributed by atoms with Crippen LogP contribution in [-0.2, 0) is 19.1 Å². The van der Waals surface area contributed by atoms with Gasteiger partial charge in [-0.05, 0) is 51.2 Å². The van der Waals surface area contributed by atoms with Gasteiger partial charge in [-0.25, -0.2) is 0 Å². The molecule has 0 radical (unpaired) electrons. The zero-order chi connectivity index (χ0) is 26.2. The van der Waals surface area contributed by atoms with Gasteiger partial charge < -0.3 is 19.6 Å². The number of rotatable bonds is 5. The Kier molecular flexibility index (Phi) is 7.44. The molecule has 0 aromatic heterocycles. The van der Waals surface area contributed by atoms with Crippen LogP contribution in [0.15, 0.2) is 48.6 Å². The molecule has 4 aliphatic heterocycles. The normalized spacial score (nSPS) is 34.5. The molecule has 0 bridgehead atoms. The van der Waals surface area contributed by atoms with Crippen LogP contribution in [0.3, 0.4) is 0 Å². The lowest BCUT2D eigenvalue weighted by Gasteiger charge is -2.37. The minimum atomic E-state index is -0.930. The van der Waals surface area contributed by atoms with E-state index in [1.54, 1.807) is 21.9 Å². The molecular weight excluding hydrogens is 512 g/mol. The van der Waals surface area contributed by atoms with E-state index in [2.05, 4.69) is 12.2 Å². The summed E-state index contributed by atoms with van der Waals surface area (Å²) in [5, 5.41) is 9.83. The first-order valence-electron chi connectivity index (χ1n) is 13.0. The lowest BCUT2D eigenvalue weighted by atomic mass is 9.74. The zero-order valence-electron chi connectivity index (χ0n) is 21.0. The third-order valence-corrected chi connectivity index (χ3v) is 10.1. The van der Waals surface area contributed by atoms with Crippen molar-refractivity contribution in [2.75, 3.05) is 31.2 Å². The maximum atomic E-state index is 14.4. The lowest BCUT2D eigenvalue weighted by Crippen LogP contribution is -2.53.